The van der Waals surface area contributed by atoms with Crippen molar-refractivity contribution in [1.29, 1.82) is 0 Å². The van der Waals surface area contributed by atoms with Crippen LogP contribution >= 0.6 is 0 Å². The Morgan fingerprint density at radius 1 is 1.16 bits per heavy atom. The minimum Gasteiger partial charge on any atom is -0.366 e. The Morgan fingerprint density at radius 3 is 2.68 bits per heavy atom. The van der Waals surface area contributed by atoms with Gasteiger partial charge in [-0.15, -0.1) is 0 Å². The fourth-order valence-electron chi connectivity index (χ4n) is 4.11. The summed E-state index contributed by atoms with van der Waals surface area (Å²) in [5.74, 6) is -1.33. The predicted octanol–water partition coefficient (Wildman–Crippen LogP) is 1.69. The molecule has 1 aromatic heterocycles. The van der Waals surface area contributed by atoms with Crippen molar-refractivity contribution in [2.24, 2.45) is 11.7 Å². The van der Waals surface area contributed by atoms with Gasteiger partial charge in [-0.3, -0.25) is 19.4 Å². The molecule has 3 amide bonds. The highest BCUT2D eigenvalue weighted by Gasteiger charge is 2.41. The van der Waals surface area contributed by atoms with Crippen LogP contribution in [0.3, 0.4) is 0 Å². The fourth-order valence-corrected chi connectivity index (χ4v) is 4.11. The molecular formula is C18H24N4O3. The first-order valence-electron chi connectivity index (χ1n) is 8.86. The lowest BCUT2D eigenvalue weighted by atomic mass is 9.76. The number of piperidine rings is 1. The SMILES string of the molecule is C[C@@H]1CC[C@@H]2CCCC[C@@H]2N1C(=O)C(=O)Nc1cncc(C(N)=O)c1. The Hall–Kier alpha value is -2.44. The summed E-state index contributed by atoms with van der Waals surface area (Å²) in [7, 11) is 0. The summed E-state index contributed by atoms with van der Waals surface area (Å²) in [6, 6.07) is 1.64. The Balaban J connectivity index is 1.73. The van der Waals surface area contributed by atoms with Gasteiger partial charge in [0.05, 0.1) is 17.4 Å². The minimum absolute atomic E-state index is 0.0627. The lowest BCUT2D eigenvalue weighted by Gasteiger charge is -2.47. The highest BCUT2D eigenvalue weighted by atomic mass is 16.2. The number of hydrogen-bond donors (Lipinski definition) is 2. The first kappa shape index (κ1) is 17.4. The van der Waals surface area contributed by atoms with Crippen LogP contribution in [0.2, 0.25) is 0 Å². The van der Waals surface area contributed by atoms with Crippen molar-refractivity contribution in [3.8, 4) is 0 Å². The molecule has 2 fully saturated rings. The number of carbonyl (C=O) groups excluding carboxylic acids is 3. The van der Waals surface area contributed by atoms with Gasteiger partial charge in [0.15, 0.2) is 0 Å². The lowest BCUT2D eigenvalue weighted by Crippen LogP contribution is -2.56. The largest absolute Gasteiger partial charge is 0.366 e. The van der Waals surface area contributed by atoms with Crippen LogP contribution in [0, 0.1) is 5.92 Å². The van der Waals surface area contributed by atoms with E-state index in [0.717, 1.165) is 32.1 Å². The maximum atomic E-state index is 12.8. The average molecular weight is 344 g/mol. The Morgan fingerprint density at radius 2 is 1.92 bits per heavy atom. The molecule has 1 aliphatic heterocycles. The van der Waals surface area contributed by atoms with Gasteiger partial charge in [-0.05, 0) is 44.6 Å². The van der Waals surface area contributed by atoms with Crippen molar-refractivity contribution in [2.75, 3.05) is 5.32 Å². The molecule has 3 atom stereocenters. The third-order valence-corrected chi connectivity index (χ3v) is 5.37. The number of nitrogens with zero attached hydrogens (tertiary/aromatic N) is 2. The summed E-state index contributed by atoms with van der Waals surface area (Å²) in [4.78, 5) is 42.1. The zero-order valence-electron chi connectivity index (χ0n) is 14.4. The molecule has 134 valence electrons. The van der Waals surface area contributed by atoms with Gasteiger partial charge in [-0.25, -0.2) is 0 Å². The summed E-state index contributed by atoms with van der Waals surface area (Å²) < 4.78 is 0. The molecule has 1 saturated carbocycles. The molecule has 0 radical (unpaired) electrons. The number of aromatic nitrogens is 1. The molecule has 2 aliphatic rings. The quantitative estimate of drug-likeness (QED) is 0.796. The van der Waals surface area contributed by atoms with E-state index in [4.69, 9.17) is 5.73 Å². The maximum Gasteiger partial charge on any atom is 0.313 e. The van der Waals surface area contributed by atoms with Gasteiger partial charge < -0.3 is 16.0 Å². The molecular weight excluding hydrogens is 320 g/mol. The van der Waals surface area contributed by atoms with E-state index < -0.39 is 17.7 Å². The molecule has 0 aromatic carbocycles. The number of anilines is 1. The summed E-state index contributed by atoms with van der Waals surface area (Å²) in [6.45, 7) is 2.01. The van der Waals surface area contributed by atoms with Crippen LogP contribution in [0.1, 0.15) is 55.8 Å². The molecule has 25 heavy (non-hydrogen) atoms. The number of nitrogens with two attached hydrogens (primary N) is 1. The van der Waals surface area contributed by atoms with Crippen LogP contribution in [-0.2, 0) is 9.59 Å². The van der Waals surface area contributed by atoms with Crippen LogP contribution in [0.4, 0.5) is 5.69 Å². The zero-order valence-corrected chi connectivity index (χ0v) is 14.4. The van der Waals surface area contributed by atoms with Gasteiger partial charge in [-0.2, -0.15) is 0 Å². The van der Waals surface area contributed by atoms with Gasteiger partial charge in [-0.1, -0.05) is 12.8 Å². The van der Waals surface area contributed by atoms with E-state index in [9.17, 15) is 14.4 Å². The number of nitrogens with one attached hydrogen (secondary N) is 1. The number of likely N-dealkylation sites (tertiary alicyclic amines) is 1. The smallest absolute Gasteiger partial charge is 0.313 e. The molecule has 3 rings (SSSR count). The third-order valence-electron chi connectivity index (χ3n) is 5.37. The molecule has 2 heterocycles. The van der Waals surface area contributed by atoms with Crippen LogP contribution < -0.4 is 11.1 Å². The zero-order chi connectivity index (χ0) is 18.0. The average Bonchev–Trinajstić information content (AvgIpc) is 2.61. The van der Waals surface area contributed by atoms with Gasteiger partial charge in [0.2, 0.25) is 5.91 Å². The maximum absolute atomic E-state index is 12.8. The second-order valence-electron chi connectivity index (χ2n) is 7.03. The number of amides is 3. The highest BCUT2D eigenvalue weighted by molar-refractivity contribution is 6.39. The summed E-state index contributed by atoms with van der Waals surface area (Å²) >= 11 is 0. The summed E-state index contributed by atoms with van der Waals surface area (Å²) in [5.41, 5.74) is 5.69. The molecule has 1 aliphatic carbocycles. The summed E-state index contributed by atoms with van der Waals surface area (Å²) in [6.07, 6.45) is 9.17. The van der Waals surface area contributed by atoms with E-state index in [1.807, 2.05) is 6.92 Å². The van der Waals surface area contributed by atoms with Crippen molar-refractivity contribution in [2.45, 2.75) is 57.5 Å². The van der Waals surface area contributed by atoms with Crippen molar-refractivity contribution in [3.63, 3.8) is 0 Å². The van der Waals surface area contributed by atoms with Crippen molar-refractivity contribution in [1.82, 2.24) is 9.88 Å². The number of primary amides is 1. The Kier molecular flexibility index (Phi) is 5.01. The predicted molar refractivity (Wildman–Crippen MR) is 92.7 cm³/mol. The van der Waals surface area contributed by atoms with E-state index in [0.29, 0.717) is 11.6 Å². The molecule has 7 nitrogen and oxygen atoms in total. The van der Waals surface area contributed by atoms with E-state index in [2.05, 4.69) is 10.3 Å². The van der Waals surface area contributed by atoms with Crippen LogP contribution in [0.5, 0.6) is 0 Å². The monoisotopic (exact) mass is 344 g/mol. The molecule has 7 heteroatoms. The topological polar surface area (TPSA) is 105 Å². The first-order chi connectivity index (χ1) is 12.0. The fraction of sp³-hybridized carbons (Fsp3) is 0.556. The Bertz CT molecular complexity index is 691. The number of carbonyl (C=O) groups is 3. The lowest BCUT2D eigenvalue weighted by molar-refractivity contribution is -0.150. The van der Waals surface area contributed by atoms with Gasteiger partial charge in [0.25, 0.3) is 0 Å². The summed E-state index contributed by atoms with van der Waals surface area (Å²) in [5, 5.41) is 2.55. The Labute approximate surface area is 147 Å². The number of hydrogen-bond acceptors (Lipinski definition) is 4. The second kappa shape index (κ2) is 7.21. The number of rotatable bonds is 2. The number of fused-ring (bicyclic) bond motifs is 1. The van der Waals surface area contributed by atoms with Crippen LogP contribution in [0.25, 0.3) is 0 Å². The van der Waals surface area contributed by atoms with E-state index in [-0.39, 0.29) is 17.6 Å². The highest BCUT2D eigenvalue weighted by Crippen LogP contribution is 2.37. The van der Waals surface area contributed by atoms with E-state index in [1.165, 1.54) is 24.9 Å². The molecule has 0 bridgehead atoms. The molecule has 3 N–H and O–H groups in total. The minimum atomic E-state index is -0.693. The van der Waals surface area contributed by atoms with E-state index in [1.54, 1.807) is 4.90 Å². The van der Waals surface area contributed by atoms with Crippen molar-refractivity contribution < 1.29 is 14.4 Å². The van der Waals surface area contributed by atoms with Crippen molar-refractivity contribution >= 4 is 23.4 Å². The molecule has 0 spiro atoms. The van der Waals surface area contributed by atoms with Gasteiger partial charge in [0.1, 0.15) is 0 Å². The number of pyridine rings is 1. The second-order valence-corrected chi connectivity index (χ2v) is 7.03. The normalized spacial score (nSPS) is 25.8. The molecule has 0 unspecified atom stereocenters. The molecule has 1 saturated heterocycles. The van der Waals surface area contributed by atoms with Gasteiger partial charge in [0, 0.05) is 18.3 Å². The third kappa shape index (κ3) is 3.65. The standard InChI is InChI=1S/C18H24N4O3/c1-11-6-7-12-4-2-3-5-15(12)22(11)18(25)17(24)21-14-8-13(16(19)23)9-20-10-14/h8-12,15H,2-7H2,1H3,(H2,19,23)(H,21,24)/t11-,12+,15+/m1/s1. The van der Waals surface area contributed by atoms with Crippen LogP contribution in [-0.4, -0.2) is 39.7 Å². The van der Waals surface area contributed by atoms with Crippen LogP contribution in [0.15, 0.2) is 18.5 Å². The van der Waals surface area contributed by atoms with Crippen molar-refractivity contribution in [3.05, 3.63) is 24.0 Å². The van der Waals surface area contributed by atoms with E-state index >= 15 is 0 Å². The molecule has 1 aromatic rings. The van der Waals surface area contributed by atoms with Gasteiger partial charge >= 0.3 is 11.8 Å². The first-order valence-corrected chi connectivity index (χ1v) is 8.86.